The van der Waals surface area contributed by atoms with Gasteiger partial charge in [0, 0.05) is 25.0 Å². The van der Waals surface area contributed by atoms with Crippen LogP contribution in [0.2, 0.25) is 0 Å². The lowest BCUT2D eigenvalue weighted by Crippen LogP contribution is -2.27. The van der Waals surface area contributed by atoms with E-state index in [2.05, 4.69) is 36.1 Å². The van der Waals surface area contributed by atoms with Crippen LogP contribution in [0.5, 0.6) is 0 Å². The van der Waals surface area contributed by atoms with Gasteiger partial charge in [-0.2, -0.15) is 0 Å². The molecule has 0 fully saturated rings. The highest BCUT2D eigenvalue weighted by Crippen LogP contribution is 2.19. The second kappa shape index (κ2) is 5.53. The average Bonchev–Trinajstić information content (AvgIpc) is 2.50. The van der Waals surface area contributed by atoms with Gasteiger partial charge in [-0.3, -0.25) is 0 Å². The maximum Gasteiger partial charge on any atom is 0.0902 e. The fourth-order valence-electron chi connectivity index (χ4n) is 1.65. The number of nitrogens with zero attached hydrogens (tertiary/aromatic N) is 2. The molecule has 14 heavy (non-hydrogen) atoms. The van der Waals surface area contributed by atoms with Crippen molar-refractivity contribution in [2.45, 2.75) is 12.8 Å². The van der Waals surface area contributed by atoms with Crippen LogP contribution in [0.1, 0.15) is 12.8 Å². The van der Waals surface area contributed by atoms with Crippen LogP contribution >= 0.6 is 0 Å². The van der Waals surface area contributed by atoms with Crippen molar-refractivity contribution in [3.63, 3.8) is 0 Å². The van der Waals surface area contributed by atoms with Crippen LogP contribution in [-0.2, 0) is 0 Å². The van der Waals surface area contributed by atoms with E-state index in [-0.39, 0.29) is 0 Å². The van der Waals surface area contributed by atoms with E-state index in [0.29, 0.717) is 0 Å². The third kappa shape index (κ3) is 2.66. The molecule has 1 aliphatic rings. The van der Waals surface area contributed by atoms with Gasteiger partial charge in [-0.05, 0) is 12.8 Å². The Morgan fingerprint density at radius 3 is 2.57 bits per heavy atom. The molecule has 0 aromatic heterocycles. The molecule has 0 N–H and O–H groups in total. The Labute approximate surface area is 87.2 Å². The molecule has 77 valence electrons. The van der Waals surface area contributed by atoms with E-state index in [4.69, 9.17) is 0 Å². The molecule has 1 aliphatic heterocycles. The van der Waals surface area contributed by atoms with Crippen LogP contribution in [0.25, 0.3) is 0 Å². The number of allylic oxidation sites excluding steroid dienone is 1. The van der Waals surface area contributed by atoms with E-state index in [1.165, 1.54) is 5.70 Å². The van der Waals surface area contributed by atoms with E-state index in [0.717, 1.165) is 32.6 Å². The SMILES string of the molecule is [CH2]CCC1=CN(CC=C)CN1CC=C. The molecule has 0 unspecified atom stereocenters. The normalized spacial score (nSPS) is 15.6. The van der Waals surface area contributed by atoms with Gasteiger partial charge in [0.05, 0.1) is 6.67 Å². The summed E-state index contributed by atoms with van der Waals surface area (Å²) < 4.78 is 0. The second-order valence-corrected chi connectivity index (χ2v) is 3.44. The van der Waals surface area contributed by atoms with Crippen LogP contribution in [0.3, 0.4) is 0 Å². The van der Waals surface area contributed by atoms with Gasteiger partial charge in [-0.1, -0.05) is 19.1 Å². The van der Waals surface area contributed by atoms with Crippen LogP contribution in [0.4, 0.5) is 0 Å². The first-order chi connectivity index (χ1) is 6.81. The largest absolute Gasteiger partial charge is 0.355 e. The third-order valence-corrected chi connectivity index (χ3v) is 2.24. The minimum atomic E-state index is 0.911. The zero-order chi connectivity index (χ0) is 10.4. The summed E-state index contributed by atoms with van der Waals surface area (Å²) >= 11 is 0. The van der Waals surface area contributed by atoms with Gasteiger partial charge in [0.1, 0.15) is 0 Å². The lowest BCUT2D eigenvalue weighted by atomic mass is 10.2. The highest BCUT2D eigenvalue weighted by molar-refractivity contribution is 5.08. The quantitative estimate of drug-likeness (QED) is 0.595. The average molecular weight is 191 g/mol. The van der Waals surface area contributed by atoms with Crippen LogP contribution < -0.4 is 0 Å². The van der Waals surface area contributed by atoms with Crippen molar-refractivity contribution in [3.05, 3.63) is 44.1 Å². The first-order valence-electron chi connectivity index (χ1n) is 5.02. The summed E-state index contributed by atoms with van der Waals surface area (Å²) in [6.07, 6.45) is 8.06. The lowest BCUT2D eigenvalue weighted by molar-refractivity contribution is 0.284. The fraction of sp³-hybridized carbons (Fsp3) is 0.417. The van der Waals surface area contributed by atoms with Gasteiger partial charge in [0.15, 0.2) is 0 Å². The van der Waals surface area contributed by atoms with Gasteiger partial charge >= 0.3 is 0 Å². The molecule has 1 heterocycles. The van der Waals surface area contributed by atoms with Crippen molar-refractivity contribution in [3.8, 4) is 0 Å². The van der Waals surface area contributed by atoms with Gasteiger partial charge in [0.25, 0.3) is 0 Å². The molecular formula is C12H19N2. The van der Waals surface area contributed by atoms with Crippen molar-refractivity contribution in [2.24, 2.45) is 0 Å². The summed E-state index contributed by atoms with van der Waals surface area (Å²) in [5.41, 5.74) is 1.36. The minimum absolute atomic E-state index is 0.911. The maximum absolute atomic E-state index is 3.88. The van der Waals surface area contributed by atoms with Crippen molar-refractivity contribution in [2.75, 3.05) is 19.8 Å². The van der Waals surface area contributed by atoms with Crippen molar-refractivity contribution in [1.29, 1.82) is 0 Å². The number of rotatable bonds is 6. The Kier molecular flexibility index (Phi) is 4.30. The highest BCUT2D eigenvalue weighted by Gasteiger charge is 2.17. The molecule has 0 bridgehead atoms. The first kappa shape index (κ1) is 10.9. The summed E-state index contributed by atoms with van der Waals surface area (Å²) in [6, 6.07) is 0. The van der Waals surface area contributed by atoms with Crippen molar-refractivity contribution >= 4 is 0 Å². The molecule has 0 amide bonds. The van der Waals surface area contributed by atoms with E-state index >= 15 is 0 Å². The van der Waals surface area contributed by atoms with Gasteiger partial charge in [-0.25, -0.2) is 0 Å². The second-order valence-electron chi connectivity index (χ2n) is 3.44. The smallest absolute Gasteiger partial charge is 0.0902 e. The summed E-state index contributed by atoms with van der Waals surface area (Å²) in [7, 11) is 0. The summed E-state index contributed by atoms with van der Waals surface area (Å²) in [6.45, 7) is 14.2. The van der Waals surface area contributed by atoms with E-state index in [1.54, 1.807) is 0 Å². The number of hydrogen-bond acceptors (Lipinski definition) is 2. The Hall–Kier alpha value is -1.18. The zero-order valence-corrected chi connectivity index (χ0v) is 8.78. The van der Waals surface area contributed by atoms with Crippen LogP contribution in [0, 0.1) is 6.92 Å². The van der Waals surface area contributed by atoms with Crippen LogP contribution in [0.15, 0.2) is 37.2 Å². The molecule has 2 heteroatoms. The molecule has 1 rings (SSSR count). The van der Waals surface area contributed by atoms with Gasteiger partial charge < -0.3 is 9.80 Å². The summed E-state index contributed by atoms with van der Waals surface area (Å²) in [5.74, 6) is 0. The van der Waals surface area contributed by atoms with E-state index in [9.17, 15) is 0 Å². The van der Waals surface area contributed by atoms with Crippen molar-refractivity contribution < 1.29 is 0 Å². The molecule has 2 nitrogen and oxygen atoms in total. The fourth-order valence-corrected chi connectivity index (χ4v) is 1.65. The molecule has 0 saturated carbocycles. The monoisotopic (exact) mass is 191 g/mol. The lowest BCUT2D eigenvalue weighted by Gasteiger charge is -2.21. The molecule has 0 atom stereocenters. The summed E-state index contributed by atoms with van der Waals surface area (Å²) in [4.78, 5) is 4.57. The third-order valence-electron chi connectivity index (χ3n) is 2.24. The van der Waals surface area contributed by atoms with E-state index < -0.39 is 0 Å². The maximum atomic E-state index is 3.88. The molecule has 0 saturated heterocycles. The van der Waals surface area contributed by atoms with Crippen LogP contribution in [-0.4, -0.2) is 29.6 Å². The van der Waals surface area contributed by atoms with Gasteiger partial charge in [-0.15, -0.1) is 13.2 Å². The van der Waals surface area contributed by atoms with Gasteiger partial charge in [0.2, 0.25) is 0 Å². The Bertz CT molecular complexity index is 230. The Morgan fingerprint density at radius 2 is 2.00 bits per heavy atom. The molecular weight excluding hydrogens is 172 g/mol. The minimum Gasteiger partial charge on any atom is -0.355 e. The van der Waals surface area contributed by atoms with E-state index in [1.807, 2.05) is 12.2 Å². The highest BCUT2D eigenvalue weighted by atomic mass is 15.3. The molecule has 0 spiro atoms. The standard InChI is InChI=1S/C12H19N2/c1-4-7-12-10-13(8-5-2)11-14(12)9-6-3/h5-6,10H,1-4,7-9,11H2. The molecule has 0 aliphatic carbocycles. The zero-order valence-electron chi connectivity index (χ0n) is 8.78. The predicted molar refractivity (Wildman–Crippen MR) is 61.3 cm³/mol. The molecule has 0 aromatic carbocycles. The Balaban J connectivity index is 2.57. The van der Waals surface area contributed by atoms with Crippen molar-refractivity contribution in [1.82, 2.24) is 9.80 Å². The Morgan fingerprint density at radius 1 is 1.29 bits per heavy atom. The molecule has 0 aromatic rings. The first-order valence-corrected chi connectivity index (χ1v) is 5.02. The molecule has 1 radical (unpaired) electrons. The number of hydrogen-bond donors (Lipinski definition) is 0. The topological polar surface area (TPSA) is 6.48 Å². The summed E-state index contributed by atoms with van der Waals surface area (Å²) in [5, 5.41) is 0. The predicted octanol–water partition coefficient (Wildman–Crippen LogP) is 2.39.